The molecule has 0 spiro atoms. The van der Waals surface area contributed by atoms with Crippen molar-refractivity contribution in [3.05, 3.63) is 39.3 Å². The number of nitrogens with zero attached hydrogens (tertiary/aromatic N) is 2. The summed E-state index contributed by atoms with van der Waals surface area (Å²) in [7, 11) is 0. The van der Waals surface area contributed by atoms with E-state index < -0.39 is 12.1 Å². The first-order chi connectivity index (χ1) is 9.56. The van der Waals surface area contributed by atoms with Gasteiger partial charge in [0.15, 0.2) is 0 Å². The summed E-state index contributed by atoms with van der Waals surface area (Å²) in [6.07, 6.45) is -0.931. The second-order valence-electron chi connectivity index (χ2n) is 3.76. The third-order valence-corrected chi connectivity index (χ3v) is 3.53. The molecule has 106 valence electrons. The number of aliphatic hydroxyl groups is 1. The number of anilines is 1. The minimum absolute atomic E-state index is 0.00594. The van der Waals surface area contributed by atoms with Crippen molar-refractivity contribution in [2.75, 3.05) is 11.9 Å². The van der Waals surface area contributed by atoms with Crippen molar-refractivity contribution in [2.45, 2.75) is 6.10 Å². The maximum Gasteiger partial charge on any atom is 0.321 e. The number of halogens is 2. The standard InChI is InChI=1S/C11H10Cl2N4O2S/c12-6-1-2-7(8(13)3-6)9(18)4-14-10(19)16-11-17-15-5-20-11/h1-3,5,9,18H,4H2,(H2,14,16,17,19). The molecule has 1 aromatic carbocycles. The van der Waals surface area contributed by atoms with Crippen LogP contribution in [0.1, 0.15) is 11.7 Å². The third-order valence-electron chi connectivity index (χ3n) is 2.36. The topological polar surface area (TPSA) is 87.1 Å². The summed E-state index contributed by atoms with van der Waals surface area (Å²) < 4.78 is 0. The molecule has 3 N–H and O–H groups in total. The minimum Gasteiger partial charge on any atom is -0.387 e. The average molecular weight is 333 g/mol. The number of aliphatic hydroxyl groups excluding tert-OH is 1. The molecule has 1 unspecified atom stereocenters. The van der Waals surface area contributed by atoms with Gasteiger partial charge < -0.3 is 10.4 Å². The summed E-state index contributed by atoms with van der Waals surface area (Å²) >= 11 is 12.9. The maximum atomic E-state index is 11.5. The number of amides is 2. The number of urea groups is 1. The molecule has 1 atom stereocenters. The van der Waals surface area contributed by atoms with E-state index in [4.69, 9.17) is 23.2 Å². The van der Waals surface area contributed by atoms with Crippen LogP contribution in [0.2, 0.25) is 10.0 Å². The molecule has 1 heterocycles. The molecule has 20 heavy (non-hydrogen) atoms. The van der Waals surface area contributed by atoms with Crippen LogP contribution in [-0.4, -0.2) is 27.9 Å². The highest BCUT2D eigenvalue weighted by atomic mass is 35.5. The fourth-order valence-electron chi connectivity index (χ4n) is 1.44. The van der Waals surface area contributed by atoms with Crippen LogP contribution in [0.5, 0.6) is 0 Å². The van der Waals surface area contributed by atoms with E-state index in [2.05, 4.69) is 20.8 Å². The van der Waals surface area contributed by atoms with E-state index in [1.165, 1.54) is 22.9 Å². The largest absolute Gasteiger partial charge is 0.387 e. The summed E-state index contributed by atoms with van der Waals surface area (Å²) in [5.41, 5.74) is 1.99. The fourth-order valence-corrected chi connectivity index (χ4v) is 2.41. The number of carbonyl (C=O) groups excluding carboxylic acids is 1. The quantitative estimate of drug-likeness (QED) is 0.803. The number of benzene rings is 1. The van der Waals surface area contributed by atoms with Crippen molar-refractivity contribution < 1.29 is 9.90 Å². The van der Waals surface area contributed by atoms with Crippen molar-refractivity contribution in [1.82, 2.24) is 15.5 Å². The number of nitrogens with one attached hydrogen (secondary N) is 2. The van der Waals surface area contributed by atoms with Gasteiger partial charge in [-0.25, -0.2) is 4.79 Å². The van der Waals surface area contributed by atoms with E-state index in [9.17, 15) is 9.90 Å². The Morgan fingerprint density at radius 3 is 2.90 bits per heavy atom. The Hall–Kier alpha value is -1.41. The normalized spacial score (nSPS) is 11.9. The molecule has 0 aliphatic rings. The predicted octanol–water partition coefficient (Wildman–Crippen LogP) is 2.70. The van der Waals surface area contributed by atoms with Crippen LogP contribution in [0.25, 0.3) is 0 Å². The van der Waals surface area contributed by atoms with Crippen LogP contribution in [0, 0.1) is 0 Å². The molecule has 6 nitrogen and oxygen atoms in total. The molecule has 0 saturated carbocycles. The summed E-state index contributed by atoms with van der Waals surface area (Å²) in [5.74, 6) is 0. The molecule has 2 aromatic rings. The van der Waals surface area contributed by atoms with Crippen molar-refractivity contribution >= 4 is 45.7 Å². The van der Waals surface area contributed by atoms with Crippen LogP contribution >= 0.6 is 34.5 Å². The van der Waals surface area contributed by atoms with Gasteiger partial charge in [-0.3, -0.25) is 5.32 Å². The van der Waals surface area contributed by atoms with Gasteiger partial charge in [0.05, 0.1) is 6.10 Å². The highest BCUT2D eigenvalue weighted by Crippen LogP contribution is 2.25. The fraction of sp³-hybridized carbons (Fsp3) is 0.182. The minimum atomic E-state index is -0.931. The molecule has 1 aromatic heterocycles. The highest BCUT2D eigenvalue weighted by Gasteiger charge is 2.13. The first-order valence-electron chi connectivity index (χ1n) is 5.50. The molecule has 9 heteroatoms. The predicted molar refractivity (Wildman–Crippen MR) is 78.4 cm³/mol. The monoisotopic (exact) mass is 332 g/mol. The van der Waals surface area contributed by atoms with Gasteiger partial charge in [0, 0.05) is 22.2 Å². The van der Waals surface area contributed by atoms with Crippen LogP contribution < -0.4 is 10.6 Å². The van der Waals surface area contributed by atoms with Gasteiger partial charge in [0.25, 0.3) is 0 Å². The van der Waals surface area contributed by atoms with Gasteiger partial charge in [-0.2, -0.15) is 0 Å². The average Bonchev–Trinajstić information content (AvgIpc) is 2.89. The number of aromatic nitrogens is 2. The molecule has 0 radical (unpaired) electrons. The Morgan fingerprint density at radius 2 is 2.25 bits per heavy atom. The van der Waals surface area contributed by atoms with Gasteiger partial charge >= 0.3 is 6.03 Å². The van der Waals surface area contributed by atoms with Crippen LogP contribution in [0.3, 0.4) is 0 Å². The number of hydrogen-bond donors (Lipinski definition) is 3. The van der Waals surface area contributed by atoms with E-state index >= 15 is 0 Å². The Kier molecular flexibility index (Phi) is 5.13. The summed E-state index contributed by atoms with van der Waals surface area (Å²) in [6.45, 7) is 0.00594. The zero-order chi connectivity index (χ0) is 14.5. The zero-order valence-corrected chi connectivity index (χ0v) is 12.3. The van der Waals surface area contributed by atoms with E-state index in [1.807, 2.05) is 0 Å². The Labute approximate surface area is 128 Å². The number of hydrogen-bond acceptors (Lipinski definition) is 5. The van der Waals surface area contributed by atoms with Crippen LogP contribution in [-0.2, 0) is 0 Å². The molecular weight excluding hydrogens is 323 g/mol. The Bertz CT molecular complexity index is 594. The number of carbonyl (C=O) groups is 1. The van der Waals surface area contributed by atoms with Crippen molar-refractivity contribution in [3.63, 3.8) is 0 Å². The first-order valence-corrected chi connectivity index (χ1v) is 7.14. The number of rotatable bonds is 4. The lowest BCUT2D eigenvalue weighted by Gasteiger charge is -2.13. The van der Waals surface area contributed by atoms with E-state index in [0.29, 0.717) is 20.7 Å². The first kappa shape index (κ1) is 15.0. The molecule has 2 rings (SSSR count). The lowest BCUT2D eigenvalue weighted by atomic mass is 10.1. The van der Waals surface area contributed by atoms with Gasteiger partial charge in [0.2, 0.25) is 5.13 Å². The van der Waals surface area contributed by atoms with E-state index in [-0.39, 0.29) is 6.54 Å². The van der Waals surface area contributed by atoms with E-state index in [0.717, 1.165) is 0 Å². The zero-order valence-electron chi connectivity index (χ0n) is 10.0. The molecule has 0 saturated heterocycles. The second kappa shape index (κ2) is 6.85. The maximum absolute atomic E-state index is 11.5. The SMILES string of the molecule is O=C(NCC(O)c1ccc(Cl)cc1Cl)Nc1nncs1. The molecule has 0 fully saturated rings. The Balaban J connectivity index is 1.88. The molecule has 0 aliphatic carbocycles. The van der Waals surface area contributed by atoms with Gasteiger partial charge in [-0.15, -0.1) is 10.2 Å². The third kappa shape index (κ3) is 4.04. The lowest BCUT2D eigenvalue weighted by Crippen LogP contribution is -2.32. The summed E-state index contributed by atoms with van der Waals surface area (Å²) in [6, 6.07) is 4.28. The molecule has 0 aliphatic heterocycles. The summed E-state index contributed by atoms with van der Waals surface area (Å²) in [4.78, 5) is 11.5. The lowest BCUT2D eigenvalue weighted by molar-refractivity contribution is 0.175. The van der Waals surface area contributed by atoms with Crippen molar-refractivity contribution in [1.29, 1.82) is 0 Å². The van der Waals surface area contributed by atoms with Crippen LogP contribution in [0.4, 0.5) is 9.93 Å². The van der Waals surface area contributed by atoms with Crippen molar-refractivity contribution in [3.8, 4) is 0 Å². The van der Waals surface area contributed by atoms with Gasteiger partial charge in [0.1, 0.15) is 5.51 Å². The van der Waals surface area contributed by atoms with Crippen molar-refractivity contribution in [2.24, 2.45) is 0 Å². The second-order valence-corrected chi connectivity index (χ2v) is 5.44. The van der Waals surface area contributed by atoms with Crippen LogP contribution in [0.15, 0.2) is 23.7 Å². The molecular formula is C11H10Cl2N4O2S. The smallest absolute Gasteiger partial charge is 0.321 e. The molecule has 2 amide bonds. The highest BCUT2D eigenvalue weighted by molar-refractivity contribution is 7.13. The van der Waals surface area contributed by atoms with E-state index in [1.54, 1.807) is 12.1 Å². The molecule has 0 bridgehead atoms. The van der Waals surface area contributed by atoms with Gasteiger partial charge in [-0.1, -0.05) is 40.6 Å². The summed E-state index contributed by atoms with van der Waals surface area (Å²) in [5, 5.41) is 23.4. The Morgan fingerprint density at radius 1 is 1.45 bits per heavy atom. The van der Waals surface area contributed by atoms with Gasteiger partial charge in [-0.05, 0) is 12.1 Å².